The minimum atomic E-state index is 0.540. The molecule has 0 radical (unpaired) electrons. The number of hydrogen-bond acceptors (Lipinski definition) is 2. The first-order chi connectivity index (χ1) is 10.1. The van der Waals surface area contributed by atoms with Crippen LogP contribution in [0.5, 0.6) is 0 Å². The van der Waals surface area contributed by atoms with E-state index in [0.29, 0.717) is 16.1 Å². The third-order valence-electron chi connectivity index (χ3n) is 3.33. The number of rotatable bonds is 4. The lowest BCUT2D eigenvalue weighted by Crippen LogP contribution is -2.35. The average molecular weight is 357 g/mol. The molecule has 0 amide bonds. The molecule has 1 saturated carbocycles. The molecule has 1 aromatic heterocycles. The van der Waals surface area contributed by atoms with E-state index in [4.69, 9.17) is 35.4 Å². The summed E-state index contributed by atoms with van der Waals surface area (Å²) in [6.45, 7) is 0.847. The first kappa shape index (κ1) is 15.1. The summed E-state index contributed by atoms with van der Waals surface area (Å²) in [5.74, 6) is 0. The Morgan fingerprint density at radius 1 is 1.33 bits per heavy atom. The molecule has 0 aliphatic heterocycles. The molecule has 1 N–H and O–H groups in total. The van der Waals surface area contributed by atoms with Crippen LogP contribution in [-0.4, -0.2) is 16.1 Å². The van der Waals surface area contributed by atoms with Crippen LogP contribution < -0.4 is 5.32 Å². The van der Waals surface area contributed by atoms with E-state index in [1.165, 1.54) is 17.7 Å². The Hall–Kier alpha value is -0.810. The van der Waals surface area contributed by atoms with Gasteiger partial charge in [0.25, 0.3) is 0 Å². The molecular weight excluding hydrogens is 343 g/mol. The second-order valence-corrected chi connectivity index (χ2v) is 7.26. The summed E-state index contributed by atoms with van der Waals surface area (Å²) >= 11 is 19.4. The lowest BCUT2D eigenvalue weighted by Gasteiger charge is -2.25. The van der Waals surface area contributed by atoms with E-state index < -0.39 is 0 Å². The van der Waals surface area contributed by atoms with Gasteiger partial charge in [0.05, 0.1) is 17.3 Å². The number of thiophene rings is 1. The summed E-state index contributed by atoms with van der Waals surface area (Å²) in [5, 5.41) is 7.25. The lowest BCUT2D eigenvalue weighted by molar-refractivity contribution is 0.413. The summed E-state index contributed by atoms with van der Waals surface area (Å²) in [7, 11) is 0. The first-order valence-electron chi connectivity index (χ1n) is 6.68. The first-order valence-corrected chi connectivity index (χ1v) is 8.73. The Balaban J connectivity index is 1.72. The molecule has 3 rings (SSSR count). The third kappa shape index (κ3) is 3.89. The van der Waals surface area contributed by atoms with E-state index in [2.05, 4.69) is 27.7 Å². The van der Waals surface area contributed by atoms with Crippen LogP contribution in [0.25, 0.3) is 0 Å². The van der Waals surface area contributed by atoms with Gasteiger partial charge in [0, 0.05) is 15.9 Å². The van der Waals surface area contributed by atoms with Gasteiger partial charge in [-0.15, -0.1) is 11.3 Å². The summed E-state index contributed by atoms with van der Waals surface area (Å²) in [6, 6.07) is 10.1. The highest BCUT2D eigenvalue weighted by Crippen LogP contribution is 2.31. The molecule has 1 aromatic carbocycles. The van der Waals surface area contributed by atoms with Crippen molar-refractivity contribution in [3.63, 3.8) is 0 Å². The maximum absolute atomic E-state index is 6.19. The zero-order valence-electron chi connectivity index (χ0n) is 11.2. The molecule has 1 heterocycles. The quantitative estimate of drug-likeness (QED) is 0.736. The van der Waals surface area contributed by atoms with Crippen molar-refractivity contribution in [1.29, 1.82) is 0 Å². The fraction of sp³-hybridized carbons (Fsp3) is 0.267. The van der Waals surface area contributed by atoms with Gasteiger partial charge in [-0.1, -0.05) is 29.3 Å². The van der Waals surface area contributed by atoms with Gasteiger partial charge in [0.1, 0.15) is 0 Å². The van der Waals surface area contributed by atoms with E-state index in [-0.39, 0.29) is 0 Å². The predicted molar refractivity (Wildman–Crippen MR) is 95.6 cm³/mol. The van der Waals surface area contributed by atoms with Crippen LogP contribution in [0, 0.1) is 0 Å². The fourth-order valence-electron chi connectivity index (χ4n) is 2.10. The van der Waals surface area contributed by atoms with E-state index in [0.717, 1.165) is 17.3 Å². The van der Waals surface area contributed by atoms with Gasteiger partial charge < -0.3 is 10.2 Å². The van der Waals surface area contributed by atoms with Gasteiger partial charge in [0.2, 0.25) is 0 Å². The van der Waals surface area contributed by atoms with Crippen LogP contribution in [0.1, 0.15) is 17.7 Å². The van der Waals surface area contributed by atoms with Crippen molar-refractivity contribution in [2.45, 2.75) is 25.4 Å². The van der Waals surface area contributed by atoms with Crippen LogP contribution in [0.15, 0.2) is 35.7 Å². The van der Waals surface area contributed by atoms with E-state index in [1.54, 1.807) is 23.5 Å². The van der Waals surface area contributed by atoms with Crippen LogP contribution in [0.2, 0.25) is 10.0 Å². The third-order valence-corrected chi connectivity index (χ3v) is 5.07. The Labute approximate surface area is 143 Å². The molecule has 0 saturated heterocycles. The lowest BCUT2D eigenvalue weighted by atomic mass is 10.3. The minimum absolute atomic E-state index is 0.540. The molecule has 110 valence electrons. The maximum atomic E-state index is 6.19. The number of benzene rings is 1. The van der Waals surface area contributed by atoms with Crippen molar-refractivity contribution >= 4 is 57.6 Å². The highest BCUT2D eigenvalue weighted by atomic mass is 35.5. The summed E-state index contributed by atoms with van der Waals surface area (Å²) in [4.78, 5) is 3.56. The number of hydrogen-bond donors (Lipinski definition) is 1. The van der Waals surface area contributed by atoms with Gasteiger partial charge >= 0.3 is 0 Å². The Bertz CT molecular complexity index is 639. The van der Waals surface area contributed by atoms with Gasteiger partial charge in [0.15, 0.2) is 5.11 Å². The van der Waals surface area contributed by atoms with Crippen LogP contribution in [-0.2, 0) is 6.54 Å². The van der Waals surface area contributed by atoms with Crippen molar-refractivity contribution < 1.29 is 0 Å². The SMILES string of the molecule is S=C(Nc1ccc(Cl)cc1Cl)N(Cc1cccs1)C1CC1. The maximum Gasteiger partial charge on any atom is 0.174 e. The molecule has 0 bridgehead atoms. The second-order valence-electron chi connectivity index (χ2n) is 4.99. The smallest absolute Gasteiger partial charge is 0.174 e. The monoisotopic (exact) mass is 356 g/mol. The van der Waals surface area contributed by atoms with Gasteiger partial charge in [-0.2, -0.15) is 0 Å². The van der Waals surface area contributed by atoms with E-state index in [9.17, 15) is 0 Å². The van der Waals surface area contributed by atoms with Crippen molar-refractivity contribution in [1.82, 2.24) is 4.90 Å². The highest BCUT2D eigenvalue weighted by molar-refractivity contribution is 7.80. The zero-order valence-corrected chi connectivity index (χ0v) is 14.3. The van der Waals surface area contributed by atoms with E-state index in [1.807, 2.05) is 6.07 Å². The van der Waals surface area contributed by atoms with Crippen molar-refractivity contribution in [3.8, 4) is 0 Å². The number of anilines is 1. The molecule has 1 fully saturated rings. The second kappa shape index (κ2) is 6.53. The fourth-order valence-corrected chi connectivity index (χ4v) is 3.58. The molecule has 0 spiro atoms. The minimum Gasteiger partial charge on any atom is -0.341 e. The molecule has 6 heteroatoms. The molecule has 21 heavy (non-hydrogen) atoms. The van der Waals surface area contributed by atoms with Crippen molar-refractivity contribution in [2.24, 2.45) is 0 Å². The van der Waals surface area contributed by atoms with E-state index >= 15 is 0 Å². The van der Waals surface area contributed by atoms with Gasteiger partial charge in [-0.3, -0.25) is 0 Å². The van der Waals surface area contributed by atoms with Gasteiger partial charge in [-0.25, -0.2) is 0 Å². The van der Waals surface area contributed by atoms with Crippen LogP contribution in [0.3, 0.4) is 0 Å². The van der Waals surface area contributed by atoms with Crippen LogP contribution >= 0.6 is 46.8 Å². The predicted octanol–water partition coefficient (Wildman–Crippen LogP) is 5.42. The van der Waals surface area contributed by atoms with Crippen LogP contribution in [0.4, 0.5) is 5.69 Å². The highest BCUT2D eigenvalue weighted by Gasteiger charge is 2.31. The molecule has 2 aromatic rings. The molecule has 2 nitrogen and oxygen atoms in total. The summed E-state index contributed by atoms with van der Waals surface area (Å²) in [5.41, 5.74) is 0.794. The molecule has 0 atom stereocenters. The number of nitrogens with one attached hydrogen (secondary N) is 1. The number of thiocarbonyl (C=S) groups is 1. The molecule has 1 aliphatic carbocycles. The Morgan fingerprint density at radius 3 is 2.76 bits per heavy atom. The summed E-state index contributed by atoms with van der Waals surface area (Å²) < 4.78 is 0. The Morgan fingerprint density at radius 2 is 2.14 bits per heavy atom. The molecule has 0 unspecified atom stereocenters. The Kier molecular flexibility index (Phi) is 4.69. The normalized spacial score (nSPS) is 14.0. The van der Waals surface area contributed by atoms with Gasteiger partial charge in [-0.05, 0) is 54.7 Å². The molecule has 1 aliphatic rings. The average Bonchev–Trinajstić information content (AvgIpc) is 3.16. The number of nitrogens with zero attached hydrogens (tertiary/aromatic N) is 1. The summed E-state index contributed by atoms with van der Waals surface area (Å²) in [6.07, 6.45) is 2.39. The standard InChI is InChI=1S/C15H14Cl2N2S2/c16-10-3-6-14(13(17)8-10)18-15(20)19(11-4-5-11)9-12-2-1-7-21-12/h1-3,6-8,11H,4-5,9H2,(H,18,20). The van der Waals surface area contributed by atoms with Crippen molar-refractivity contribution in [2.75, 3.05) is 5.32 Å². The zero-order chi connectivity index (χ0) is 14.8. The largest absolute Gasteiger partial charge is 0.341 e. The molecular formula is C15H14Cl2N2S2. The topological polar surface area (TPSA) is 15.3 Å². The number of halogens is 2. The van der Waals surface area contributed by atoms with Crippen molar-refractivity contribution in [3.05, 3.63) is 50.6 Å².